The average Bonchev–Trinajstić information content (AvgIpc) is 3.44. The normalized spacial score (nSPS) is 14.1. The fraction of sp³-hybridized carbons (Fsp3) is 0.308. The quantitative estimate of drug-likeness (QED) is 0.382. The number of nitrogens with zero attached hydrogens (tertiary/aromatic N) is 3. The first-order valence-electron chi connectivity index (χ1n) is 11.2. The van der Waals surface area contributed by atoms with Gasteiger partial charge in [0.15, 0.2) is 0 Å². The van der Waals surface area contributed by atoms with Gasteiger partial charge >= 0.3 is 0 Å². The number of rotatable bonds is 7. The lowest BCUT2D eigenvalue weighted by Gasteiger charge is -2.15. The Morgan fingerprint density at radius 2 is 2.03 bits per heavy atom. The van der Waals surface area contributed by atoms with Gasteiger partial charge in [-0.15, -0.1) is 0 Å². The van der Waals surface area contributed by atoms with Crippen molar-refractivity contribution in [3.05, 3.63) is 59.9 Å². The number of ether oxygens (including phenoxy) is 1. The number of fused-ring (bicyclic) bond motifs is 2. The minimum absolute atomic E-state index is 0.534. The second-order valence-electron chi connectivity index (χ2n) is 8.47. The van der Waals surface area contributed by atoms with E-state index in [4.69, 9.17) is 4.74 Å². The van der Waals surface area contributed by atoms with Crippen LogP contribution >= 0.6 is 0 Å². The van der Waals surface area contributed by atoms with Gasteiger partial charge in [-0.2, -0.15) is 5.26 Å². The van der Waals surface area contributed by atoms with Crippen LogP contribution in [0, 0.1) is 18.3 Å². The lowest BCUT2D eigenvalue weighted by Crippen LogP contribution is -2.22. The highest BCUT2D eigenvalue weighted by Gasteiger charge is 2.13. The van der Waals surface area contributed by atoms with Crippen LogP contribution in [0.3, 0.4) is 0 Å². The molecule has 6 heteroatoms. The van der Waals surface area contributed by atoms with Crippen LogP contribution in [-0.4, -0.2) is 41.1 Å². The molecule has 4 aromatic rings. The SMILES string of the molecule is Cc1cc2cc(Nc3ccnc4cc(OCCCN5CCCC5)c(C#N)cc34)ccc2[nH]1. The van der Waals surface area contributed by atoms with E-state index < -0.39 is 0 Å². The Morgan fingerprint density at radius 1 is 1.16 bits per heavy atom. The highest BCUT2D eigenvalue weighted by atomic mass is 16.5. The third-order valence-corrected chi connectivity index (χ3v) is 6.07. The molecule has 0 bridgehead atoms. The molecule has 0 radical (unpaired) electrons. The summed E-state index contributed by atoms with van der Waals surface area (Å²) >= 11 is 0. The molecule has 0 spiro atoms. The molecule has 1 aliphatic rings. The standard InChI is InChI=1S/C26H27N5O/c1-18-13-19-14-21(5-6-23(19)29-18)30-24-7-8-28-25-16-26(20(17-27)15-22(24)25)32-12-4-11-31-9-2-3-10-31/h5-8,13-16,29H,2-4,9-12H2,1H3,(H,28,30). The van der Waals surface area contributed by atoms with Crippen LogP contribution in [0.4, 0.5) is 11.4 Å². The molecule has 0 amide bonds. The van der Waals surface area contributed by atoms with Gasteiger partial charge in [0, 0.05) is 52.2 Å². The van der Waals surface area contributed by atoms with Gasteiger partial charge < -0.3 is 19.9 Å². The maximum Gasteiger partial charge on any atom is 0.139 e. The van der Waals surface area contributed by atoms with Crippen molar-refractivity contribution >= 4 is 33.2 Å². The smallest absolute Gasteiger partial charge is 0.139 e. The average molecular weight is 426 g/mol. The van der Waals surface area contributed by atoms with Crippen LogP contribution in [0.15, 0.2) is 48.7 Å². The summed E-state index contributed by atoms with van der Waals surface area (Å²) in [5, 5.41) is 15.3. The third kappa shape index (κ3) is 4.25. The molecular weight excluding hydrogens is 398 g/mol. The largest absolute Gasteiger partial charge is 0.492 e. The molecule has 3 heterocycles. The number of nitrogens with one attached hydrogen (secondary N) is 2. The van der Waals surface area contributed by atoms with E-state index in [0.717, 1.165) is 51.8 Å². The summed E-state index contributed by atoms with van der Waals surface area (Å²) in [7, 11) is 0. The van der Waals surface area contributed by atoms with Crippen molar-refractivity contribution in [3.63, 3.8) is 0 Å². The Labute approximate surface area is 187 Å². The minimum Gasteiger partial charge on any atom is -0.492 e. The van der Waals surface area contributed by atoms with Crippen LogP contribution in [0.2, 0.25) is 0 Å². The summed E-state index contributed by atoms with van der Waals surface area (Å²) in [4.78, 5) is 10.3. The number of pyridine rings is 1. The highest BCUT2D eigenvalue weighted by Crippen LogP contribution is 2.31. The maximum atomic E-state index is 9.73. The molecule has 2 aromatic heterocycles. The number of likely N-dealkylation sites (tertiary alicyclic amines) is 1. The van der Waals surface area contributed by atoms with Crippen LogP contribution in [-0.2, 0) is 0 Å². The number of hydrogen-bond acceptors (Lipinski definition) is 5. The second-order valence-corrected chi connectivity index (χ2v) is 8.47. The maximum absolute atomic E-state index is 9.73. The van der Waals surface area contributed by atoms with Crippen LogP contribution in [0.5, 0.6) is 5.75 Å². The highest BCUT2D eigenvalue weighted by molar-refractivity contribution is 5.95. The Hall–Kier alpha value is -3.56. The van der Waals surface area contributed by atoms with Crippen molar-refractivity contribution in [3.8, 4) is 11.8 Å². The Bertz CT molecular complexity index is 1300. The predicted molar refractivity (Wildman–Crippen MR) is 129 cm³/mol. The number of anilines is 2. The van der Waals surface area contributed by atoms with E-state index in [2.05, 4.69) is 51.4 Å². The fourth-order valence-corrected chi connectivity index (χ4v) is 4.48. The van der Waals surface area contributed by atoms with Crippen molar-refractivity contribution in [2.75, 3.05) is 31.6 Å². The topological polar surface area (TPSA) is 77.0 Å². The van der Waals surface area contributed by atoms with Gasteiger partial charge in [-0.3, -0.25) is 4.98 Å². The molecule has 2 N–H and O–H groups in total. The number of aromatic nitrogens is 2. The third-order valence-electron chi connectivity index (χ3n) is 6.07. The van der Waals surface area contributed by atoms with E-state index in [1.54, 1.807) is 6.20 Å². The summed E-state index contributed by atoms with van der Waals surface area (Å²) in [6.07, 6.45) is 5.33. The monoisotopic (exact) mass is 425 g/mol. The molecule has 162 valence electrons. The molecule has 0 atom stereocenters. The Morgan fingerprint density at radius 3 is 2.88 bits per heavy atom. The molecule has 0 saturated carbocycles. The summed E-state index contributed by atoms with van der Waals surface area (Å²) in [6.45, 7) is 6.09. The van der Waals surface area contributed by atoms with E-state index in [0.29, 0.717) is 17.9 Å². The van der Waals surface area contributed by atoms with Gasteiger partial charge in [0.05, 0.1) is 17.7 Å². The van der Waals surface area contributed by atoms with Crippen molar-refractivity contribution in [1.82, 2.24) is 14.9 Å². The zero-order valence-corrected chi connectivity index (χ0v) is 18.3. The van der Waals surface area contributed by atoms with Gasteiger partial charge in [0.2, 0.25) is 0 Å². The van der Waals surface area contributed by atoms with Crippen LogP contribution < -0.4 is 10.1 Å². The van der Waals surface area contributed by atoms with Crippen molar-refractivity contribution in [2.45, 2.75) is 26.2 Å². The number of benzene rings is 2. The van der Waals surface area contributed by atoms with E-state index in [1.807, 2.05) is 24.3 Å². The van der Waals surface area contributed by atoms with E-state index in [9.17, 15) is 5.26 Å². The molecule has 32 heavy (non-hydrogen) atoms. The molecular formula is C26H27N5O. The lowest BCUT2D eigenvalue weighted by atomic mass is 10.1. The van der Waals surface area contributed by atoms with Gasteiger partial charge in [-0.1, -0.05) is 0 Å². The first kappa shape index (κ1) is 20.3. The molecule has 0 aliphatic carbocycles. The molecule has 2 aromatic carbocycles. The minimum atomic E-state index is 0.534. The predicted octanol–water partition coefficient (Wildman–Crippen LogP) is 5.50. The summed E-state index contributed by atoms with van der Waals surface area (Å²) < 4.78 is 5.99. The van der Waals surface area contributed by atoms with Crippen molar-refractivity contribution in [2.24, 2.45) is 0 Å². The van der Waals surface area contributed by atoms with Gasteiger partial charge in [0.1, 0.15) is 11.8 Å². The fourth-order valence-electron chi connectivity index (χ4n) is 4.48. The molecule has 5 rings (SSSR count). The summed E-state index contributed by atoms with van der Waals surface area (Å²) in [5.74, 6) is 0.607. The van der Waals surface area contributed by atoms with Gasteiger partial charge in [-0.05, 0) is 75.7 Å². The van der Waals surface area contributed by atoms with E-state index in [-0.39, 0.29) is 0 Å². The summed E-state index contributed by atoms with van der Waals surface area (Å²) in [6, 6.07) is 16.4. The van der Waals surface area contributed by atoms with Crippen molar-refractivity contribution < 1.29 is 4.74 Å². The molecule has 6 nitrogen and oxygen atoms in total. The van der Waals surface area contributed by atoms with Gasteiger partial charge in [0.25, 0.3) is 0 Å². The van der Waals surface area contributed by atoms with E-state index >= 15 is 0 Å². The van der Waals surface area contributed by atoms with Crippen molar-refractivity contribution in [1.29, 1.82) is 5.26 Å². The number of nitriles is 1. The van der Waals surface area contributed by atoms with Gasteiger partial charge in [-0.25, -0.2) is 0 Å². The van der Waals surface area contributed by atoms with E-state index in [1.165, 1.54) is 25.9 Å². The number of aryl methyl sites for hydroxylation is 1. The Balaban J connectivity index is 1.36. The zero-order valence-electron chi connectivity index (χ0n) is 18.3. The summed E-state index contributed by atoms with van der Waals surface area (Å²) in [5.41, 5.74) is 5.50. The zero-order chi connectivity index (χ0) is 21.9. The molecule has 1 saturated heterocycles. The molecule has 1 aliphatic heterocycles. The number of aromatic amines is 1. The van der Waals surface area contributed by atoms with Crippen LogP contribution in [0.1, 0.15) is 30.5 Å². The Kier molecular flexibility index (Phi) is 5.66. The van der Waals surface area contributed by atoms with Crippen LogP contribution in [0.25, 0.3) is 21.8 Å². The molecule has 1 fully saturated rings. The number of hydrogen-bond donors (Lipinski definition) is 2. The second kappa shape index (κ2) is 8.89. The first-order valence-corrected chi connectivity index (χ1v) is 11.2. The first-order chi connectivity index (χ1) is 15.7. The number of H-pyrrole nitrogens is 1. The lowest BCUT2D eigenvalue weighted by molar-refractivity contribution is 0.263. The molecule has 0 unspecified atom stereocenters.